The molecular weight excluding hydrogens is 326 g/mol. The van der Waals surface area contributed by atoms with Crippen molar-refractivity contribution in [3.05, 3.63) is 50.0 Å². The fraction of sp³-hybridized carbons (Fsp3) is 0.0769. The van der Waals surface area contributed by atoms with E-state index in [1.807, 2.05) is 6.07 Å². The van der Waals surface area contributed by atoms with E-state index < -0.39 is 0 Å². The number of benzene rings is 1. The van der Waals surface area contributed by atoms with Crippen LogP contribution in [0.5, 0.6) is 0 Å². The maximum Gasteiger partial charge on any atom is 0.133 e. The minimum Gasteiger partial charge on any atom is -0.236 e. The van der Waals surface area contributed by atoms with Gasteiger partial charge in [0, 0.05) is 16.1 Å². The molecule has 0 unspecified atom stereocenters. The third kappa shape index (κ3) is 3.13. The summed E-state index contributed by atoms with van der Waals surface area (Å²) in [7, 11) is 0. The summed E-state index contributed by atoms with van der Waals surface area (Å²) in [6.07, 6.45) is 0.203. The first-order chi connectivity index (χ1) is 9.02. The van der Waals surface area contributed by atoms with Crippen LogP contribution in [0.1, 0.15) is 5.56 Å². The number of rotatable bonds is 2. The Morgan fingerprint density at radius 3 is 2.21 bits per heavy atom. The maximum absolute atomic E-state index is 8.66. The Hall–Kier alpha value is -0.980. The zero-order valence-corrected chi connectivity index (χ0v) is 12.4. The zero-order chi connectivity index (χ0) is 14.0. The predicted octanol–water partition coefficient (Wildman–Crippen LogP) is 5.43. The van der Waals surface area contributed by atoms with Crippen molar-refractivity contribution in [2.45, 2.75) is 6.42 Å². The Labute approximate surface area is 130 Å². The molecule has 0 radical (unpaired) electrons. The van der Waals surface area contributed by atoms with E-state index in [9.17, 15) is 0 Å². The minimum absolute atomic E-state index is 0.203. The molecule has 0 saturated carbocycles. The molecule has 0 fully saturated rings. The Balaban J connectivity index is 2.55. The van der Waals surface area contributed by atoms with Gasteiger partial charge in [0.2, 0.25) is 0 Å². The molecule has 1 aromatic carbocycles. The van der Waals surface area contributed by atoms with E-state index in [-0.39, 0.29) is 11.6 Å². The molecule has 2 nitrogen and oxygen atoms in total. The zero-order valence-electron chi connectivity index (χ0n) is 9.42. The SMILES string of the molecule is N#CCc1ccc(-c2c(Cl)cc(Cl)cc2Cl)nc1Cl. The Bertz CT molecular complexity index is 654. The topological polar surface area (TPSA) is 36.7 Å². The van der Waals surface area contributed by atoms with Gasteiger partial charge < -0.3 is 0 Å². The van der Waals surface area contributed by atoms with Crippen molar-refractivity contribution in [1.29, 1.82) is 5.26 Å². The maximum atomic E-state index is 8.66. The van der Waals surface area contributed by atoms with Crippen molar-refractivity contribution >= 4 is 46.4 Å². The summed E-state index contributed by atoms with van der Waals surface area (Å²) >= 11 is 24.1. The largest absolute Gasteiger partial charge is 0.236 e. The Morgan fingerprint density at radius 2 is 1.68 bits per heavy atom. The minimum atomic E-state index is 0.203. The van der Waals surface area contributed by atoms with E-state index in [4.69, 9.17) is 51.7 Å². The van der Waals surface area contributed by atoms with E-state index in [2.05, 4.69) is 4.98 Å². The standard InChI is InChI=1S/C13H6Cl4N2/c14-8-5-9(15)12(10(16)6-8)11-2-1-7(3-4-18)13(17)19-11/h1-2,5-6H,3H2. The molecule has 0 atom stereocenters. The number of nitrogens with zero attached hydrogens (tertiary/aromatic N) is 2. The van der Waals surface area contributed by atoms with Crippen LogP contribution < -0.4 is 0 Å². The van der Waals surface area contributed by atoms with Gasteiger partial charge in [-0.15, -0.1) is 0 Å². The molecule has 0 saturated heterocycles. The quantitative estimate of drug-likeness (QED) is 0.688. The van der Waals surface area contributed by atoms with Gasteiger partial charge in [-0.2, -0.15) is 5.26 Å². The van der Waals surface area contributed by atoms with Gasteiger partial charge in [0.25, 0.3) is 0 Å². The van der Waals surface area contributed by atoms with Crippen LogP contribution in [0.15, 0.2) is 24.3 Å². The smallest absolute Gasteiger partial charge is 0.133 e. The molecule has 1 aromatic heterocycles. The van der Waals surface area contributed by atoms with E-state index in [1.54, 1.807) is 24.3 Å². The number of hydrogen-bond donors (Lipinski definition) is 0. The monoisotopic (exact) mass is 330 g/mol. The van der Waals surface area contributed by atoms with Crippen molar-refractivity contribution in [3.8, 4) is 17.3 Å². The highest BCUT2D eigenvalue weighted by Crippen LogP contribution is 2.37. The molecule has 0 N–H and O–H groups in total. The van der Waals surface area contributed by atoms with Gasteiger partial charge in [0.05, 0.1) is 28.2 Å². The molecule has 0 bridgehead atoms. The van der Waals surface area contributed by atoms with Crippen LogP contribution >= 0.6 is 46.4 Å². The number of halogens is 4. The van der Waals surface area contributed by atoms with E-state index >= 15 is 0 Å². The second kappa shape index (κ2) is 5.98. The highest BCUT2D eigenvalue weighted by atomic mass is 35.5. The summed E-state index contributed by atoms with van der Waals surface area (Å²) in [4.78, 5) is 4.22. The number of aromatic nitrogens is 1. The third-order valence-corrected chi connectivity index (χ3v) is 3.60. The molecule has 6 heteroatoms. The van der Waals surface area contributed by atoms with E-state index in [0.29, 0.717) is 31.9 Å². The lowest BCUT2D eigenvalue weighted by Crippen LogP contribution is -1.92. The average Bonchev–Trinajstić information content (AvgIpc) is 2.31. The highest BCUT2D eigenvalue weighted by Gasteiger charge is 2.13. The van der Waals surface area contributed by atoms with Crippen LogP contribution in [0.25, 0.3) is 11.3 Å². The van der Waals surface area contributed by atoms with Gasteiger partial charge in [-0.1, -0.05) is 52.5 Å². The second-order valence-corrected chi connectivity index (χ2v) is 5.33. The normalized spacial score (nSPS) is 10.3. The first kappa shape index (κ1) is 14.4. The molecule has 19 heavy (non-hydrogen) atoms. The number of pyridine rings is 1. The Morgan fingerprint density at radius 1 is 1.05 bits per heavy atom. The molecule has 1 heterocycles. The fourth-order valence-electron chi connectivity index (χ4n) is 1.61. The molecule has 0 spiro atoms. The molecule has 96 valence electrons. The van der Waals surface area contributed by atoms with Crippen molar-refractivity contribution in [2.75, 3.05) is 0 Å². The summed E-state index contributed by atoms with van der Waals surface area (Å²) in [5, 5.41) is 10.2. The van der Waals surface area contributed by atoms with E-state index in [0.717, 1.165) is 0 Å². The van der Waals surface area contributed by atoms with Crippen LogP contribution in [-0.4, -0.2) is 4.98 Å². The summed E-state index contributed by atoms with van der Waals surface area (Å²) in [5.41, 5.74) is 1.77. The predicted molar refractivity (Wildman–Crippen MR) is 79.0 cm³/mol. The summed E-state index contributed by atoms with van der Waals surface area (Å²) in [6, 6.07) is 8.65. The van der Waals surface area contributed by atoms with Crippen molar-refractivity contribution in [2.24, 2.45) is 0 Å². The van der Waals surface area contributed by atoms with Crippen LogP contribution in [0, 0.1) is 11.3 Å². The second-order valence-electron chi connectivity index (χ2n) is 3.73. The molecule has 2 rings (SSSR count). The first-order valence-corrected chi connectivity index (χ1v) is 6.71. The lowest BCUT2D eigenvalue weighted by atomic mass is 10.1. The summed E-state index contributed by atoms with van der Waals surface area (Å²) < 4.78 is 0. The Kier molecular flexibility index (Phi) is 4.54. The van der Waals surface area contributed by atoms with Crippen molar-refractivity contribution in [1.82, 2.24) is 4.98 Å². The van der Waals surface area contributed by atoms with Gasteiger partial charge in [-0.3, -0.25) is 0 Å². The average molecular weight is 332 g/mol. The van der Waals surface area contributed by atoms with Crippen molar-refractivity contribution in [3.63, 3.8) is 0 Å². The van der Waals surface area contributed by atoms with Crippen LogP contribution in [-0.2, 0) is 6.42 Å². The fourth-order valence-corrected chi connectivity index (χ4v) is 2.84. The van der Waals surface area contributed by atoms with Gasteiger partial charge in [-0.05, 0) is 18.2 Å². The van der Waals surface area contributed by atoms with E-state index in [1.165, 1.54) is 0 Å². The molecule has 2 aromatic rings. The molecule has 0 aliphatic carbocycles. The van der Waals surface area contributed by atoms with Gasteiger partial charge in [-0.25, -0.2) is 4.98 Å². The third-order valence-electron chi connectivity index (χ3n) is 2.46. The van der Waals surface area contributed by atoms with Gasteiger partial charge in [0.15, 0.2) is 0 Å². The number of nitriles is 1. The van der Waals surface area contributed by atoms with Crippen LogP contribution in [0.3, 0.4) is 0 Å². The lowest BCUT2D eigenvalue weighted by molar-refractivity contribution is 1.19. The van der Waals surface area contributed by atoms with Crippen LogP contribution in [0.4, 0.5) is 0 Å². The molecule has 0 aliphatic rings. The molecular formula is C13H6Cl4N2. The van der Waals surface area contributed by atoms with Gasteiger partial charge >= 0.3 is 0 Å². The highest BCUT2D eigenvalue weighted by molar-refractivity contribution is 6.41. The number of hydrogen-bond acceptors (Lipinski definition) is 2. The lowest BCUT2D eigenvalue weighted by Gasteiger charge is -2.08. The van der Waals surface area contributed by atoms with Gasteiger partial charge in [0.1, 0.15) is 5.15 Å². The molecule has 0 amide bonds. The summed E-state index contributed by atoms with van der Waals surface area (Å²) in [5.74, 6) is 0. The van der Waals surface area contributed by atoms with Crippen molar-refractivity contribution < 1.29 is 0 Å². The first-order valence-electron chi connectivity index (χ1n) is 5.20. The molecule has 0 aliphatic heterocycles. The summed E-state index contributed by atoms with van der Waals surface area (Å²) in [6.45, 7) is 0. The van der Waals surface area contributed by atoms with Crippen LogP contribution in [0.2, 0.25) is 20.2 Å².